The summed E-state index contributed by atoms with van der Waals surface area (Å²) in [7, 11) is 1.53. The van der Waals surface area contributed by atoms with Crippen LogP contribution in [0.5, 0.6) is 5.88 Å². The molecule has 6 heteroatoms. The van der Waals surface area contributed by atoms with Crippen molar-refractivity contribution in [2.45, 2.75) is 12.8 Å². The standard InChI is InChI=1S/C12H15N3O3/c1-18-11-5-3-9(7-14-11)15-12(17)8-2-4-10(16)13-6-8/h3,5,7-8H,2,4,6H2,1H3,(H,13,16)(H,15,17)/t8-/m0/s1. The molecule has 0 radical (unpaired) electrons. The molecule has 1 fully saturated rings. The Morgan fingerprint density at radius 1 is 1.56 bits per heavy atom. The lowest BCUT2D eigenvalue weighted by atomic mass is 9.98. The van der Waals surface area contributed by atoms with Crippen LogP contribution in [0.2, 0.25) is 0 Å². The molecule has 0 bridgehead atoms. The van der Waals surface area contributed by atoms with Crippen LogP contribution in [0.25, 0.3) is 0 Å². The number of anilines is 1. The number of hydrogen-bond donors (Lipinski definition) is 2. The van der Waals surface area contributed by atoms with Gasteiger partial charge in [-0.2, -0.15) is 0 Å². The summed E-state index contributed by atoms with van der Waals surface area (Å²) in [5.41, 5.74) is 0.623. The molecule has 6 nitrogen and oxygen atoms in total. The summed E-state index contributed by atoms with van der Waals surface area (Å²) >= 11 is 0. The molecule has 96 valence electrons. The van der Waals surface area contributed by atoms with Crippen LogP contribution >= 0.6 is 0 Å². The van der Waals surface area contributed by atoms with Crippen LogP contribution in [0.1, 0.15) is 12.8 Å². The number of aromatic nitrogens is 1. The highest BCUT2D eigenvalue weighted by Crippen LogP contribution is 2.15. The van der Waals surface area contributed by atoms with Crippen molar-refractivity contribution in [3.63, 3.8) is 0 Å². The van der Waals surface area contributed by atoms with E-state index in [1.165, 1.54) is 13.3 Å². The van der Waals surface area contributed by atoms with Crippen LogP contribution in [0.3, 0.4) is 0 Å². The Hall–Kier alpha value is -2.11. The lowest BCUT2D eigenvalue weighted by molar-refractivity contribution is -0.126. The van der Waals surface area contributed by atoms with Gasteiger partial charge in [0.15, 0.2) is 0 Å². The second-order valence-electron chi connectivity index (χ2n) is 4.12. The van der Waals surface area contributed by atoms with Gasteiger partial charge in [0.25, 0.3) is 0 Å². The SMILES string of the molecule is COc1ccc(NC(=O)[C@H]2CCC(=O)NC2)cn1. The fourth-order valence-corrected chi connectivity index (χ4v) is 1.78. The zero-order valence-electron chi connectivity index (χ0n) is 10.1. The van der Waals surface area contributed by atoms with E-state index in [4.69, 9.17) is 4.74 Å². The summed E-state index contributed by atoms with van der Waals surface area (Å²) in [5, 5.41) is 5.45. The molecule has 2 heterocycles. The first-order valence-corrected chi connectivity index (χ1v) is 5.76. The van der Waals surface area contributed by atoms with Crippen molar-refractivity contribution in [1.82, 2.24) is 10.3 Å². The number of amides is 2. The Morgan fingerprint density at radius 2 is 2.39 bits per heavy atom. The molecular weight excluding hydrogens is 234 g/mol. The van der Waals surface area contributed by atoms with Gasteiger partial charge in [0, 0.05) is 19.0 Å². The number of nitrogens with zero attached hydrogens (tertiary/aromatic N) is 1. The summed E-state index contributed by atoms with van der Waals surface area (Å²) in [6.45, 7) is 0.397. The van der Waals surface area contributed by atoms with Crippen LogP contribution in [-0.4, -0.2) is 30.5 Å². The topological polar surface area (TPSA) is 80.3 Å². The molecule has 2 amide bonds. The van der Waals surface area contributed by atoms with Gasteiger partial charge < -0.3 is 15.4 Å². The van der Waals surface area contributed by atoms with E-state index in [0.29, 0.717) is 31.0 Å². The minimum Gasteiger partial charge on any atom is -0.481 e. The van der Waals surface area contributed by atoms with Crippen molar-refractivity contribution >= 4 is 17.5 Å². The Bertz CT molecular complexity index is 434. The number of methoxy groups -OCH3 is 1. The van der Waals surface area contributed by atoms with Crippen molar-refractivity contribution in [1.29, 1.82) is 0 Å². The summed E-state index contributed by atoms with van der Waals surface area (Å²) in [5.74, 6) is 0.231. The van der Waals surface area contributed by atoms with Gasteiger partial charge in [0.2, 0.25) is 17.7 Å². The van der Waals surface area contributed by atoms with Crippen LogP contribution in [-0.2, 0) is 9.59 Å². The number of piperidine rings is 1. The number of nitrogens with one attached hydrogen (secondary N) is 2. The first-order chi connectivity index (χ1) is 8.69. The zero-order valence-corrected chi connectivity index (χ0v) is 10.1. The second-order valence-corrected chi connectivity index (χ2v) is 4.12. The highest BCUT2D eigenvalue weighted by Gasteiger charge is 2.24. The smallest absolute Gasteiger partial charge is 0.229 e. The summed E-state index contributed by atoms with van der Waals surface area (Å²) < 4.78 is 4.93. The lowest BCUT2D eigenvalue weighted by Gasteiger charge is -2.21. The molecule has 0 aliphatic carbocycles. The predicted molar refractivity (Wildman–Crippen MR) is 65.2 cm³/mol. The quantitative estimate of drug-likeness (QED) is 0.820. The summed E-state index contributed by atoms with van der Waals surface area (Å²) in [6.07, 6.45) is 2.53. The molecule has 1 atom stereocenters. The van der Waals surface area contributed by atoms with E-state index in [9.17, 15) is 9.59 Å². The Labute approximate surface area is 105 Å². The number of ether oxygens (including phenoxy) is 1. The van der Waals surface area contributed by atoms with Gasteiger partial charge in [0.1, 0.15) is 0 Å². The normalized spacial score (nSPS) is 18.9. The molecule has 0 aromatic carbocycles. The monoisotopic (exact) mass is 249 g/mol. The Morgan fingerprint density at radius 3 is 2.94 bits per heavy atom. The van der Waals surface area contributed by atoms with Crippen molar-refractivity contribution in [3.05, 3.63) is 18.3 Å². The van der Waals surface area contributed by atoms with E-state index >= 15 is 0 Å². The van der Waals surface area contributed by atoms with E-state index in [-0.39, 0.29) is 17.7 Å². The molecule has 1 aliphatic rings. The maximum absolute atomic E-state index is 11.9. The number of carbonyl (C=O) groups is 2. The van der Waals surface area contributed by atoms with Crippen LogP contribution in [0, 0.1) is 5.92 Å². The van der Waals surface area contributed by atoms with Gasteiger partial charge in [0.05, 0.1) is 24.9 Å². The third-order valence-electron chi connectivity index (χ3n) is 2.85. The molecule has 2 rings (SSSR count). The molecule has 1 saturated heterocycles. The van der Waals surface area contributed by atoms with E-state index < -0.39 is 0 Å². The van der Waals surface area contributed by atoms with Crippen LogP contribution < -0.4 is 15.4 Å². The van der Waals surface area contributed by atoms with Crippen molar-refractivity contribution in [3.8, 4) is 5.88 Å². The van der Waals surface area contributed by atoms with E-state index in [2.05, 4.69) is 15.6 Å². The molecular formula is C12H15N3O3. The minimum absolute atomic E-state index is 0.00478. The van der Waals surface area contributed by atoms with E-state index in [1.54, 1.807) is 12.1 Å². The molecule has 1 aromatic rings. The maximum Gasteiger partial charge on any atom is 0.229 e. The van der Waals surface area contributed by atoms with Crippen LogP contribution in [0.4, 0.5) is 5.69 Å². The zero-order chi connectivity index (χ0) is 13.0. The second kappa shape index (κ2) is 5.48. The highest BCUT2D eigenvalue weighted by atomic mass is 16.5. The van der Waals surface area contributed by atoms with Gasteiger partial charge in [-0.1, -0.05) is 0 Å². The van der Waals surface area contributed by atoms with Crippen molar-refractivity contribution in [2.24, 2.45) is 5.92 Å². The first kappa shape index (κ1) is 12.3. The number of rotatable bonds is 3. The van der Waals surface area contributed by atoms with E-state index in [1.807, 2.05) is 0 Å². The molecule has 18 heavy (non-hydrogen) atoms. The first-order valence-electron chi connectivity index (χ1n) is 5.76. The van der Waals surface area contributed by atoms with Gasteiger partial charge in [-0.15, -0.1) is 0 Å². The fourth-order valence-electron chi connectivity index (χ4n) is 1.78. The molecule has 1 aliphatic heterocycles. The van der Waals surface area contributed by atoms with Gasteiger partial charge in [-0.05, 0) is 12.5 Å². The van der Waals surface area contributed by atoms with Crippen molar-refractivity contribution in [2.75, 3.05) is 19.0 Å². The number of hydrogen-bond acceptors (Lipinski definition) is 4. The third kappa shape index (κ3) is 2.97. The summed E-state index contributed by atoms with van der Waals surface area (Å²) in [6, 6.07) is 3.41. The van der Waals surface area contributed by atoms with Crippen LogP contribution in [0.15, 0.2) is 18.3 Å². The molecule has 0 saturated carbocycles. The van der Waals surface area contributed by atoms with Gasteiger partial charge >= 0.3 is 0 Å². The molecule has 0 unspecified atom stereocenters. The molecule has 1 aromatic heterocycles. The molecule has 2 N–H and O–H groups in total. The Balaban J connectivity index is 1.92. The predicted octanol–water partition coefficient (Wildman–Crippen LogP) is 0.555. The van der Waals surface area contributed by atoms with E-state index in [0.717, 1.165) is 0 Å². The lowest BCUT2D eigenvalue weighted by Crippen LogP contribution is -2.40. The fraction of sp³-hybridized carbons (Fsp3) is 0.417. The molecule has 0 spiro atoms. The van der Waals surface area contributed by atoms with Crippen molar-refractivity contribution < 1.29 is 14.3 Å². The third-order valence-corrected chi connectivity index (χ3v) is 2.85. The number of pyridine rings is 1. The minimum atomic E-state index is -0.176. The van der Waals surface area contributed by atoms with Gasteiger partial charge in [-0.25, -0.2) is 4.98 Å². The largest absolute Gasteiger partial charge is 0.481 e. The summed E-state index contributed by atoms with van der Waals surface area (Å²) in [4.78, 5) is 26.9. The van der Waals surface area contributed by atoms with Gasteiger partial charge in [-0.3, -0.25) is 9.59 Å². The average Bonchev–Trinajstić information content (AvgIpc) is 2.40. The Kier molecular flexibility index (Phi) is 3.76. The average molecular weight is 249 g/mol. The number of carbonyl (C=O) groups excluding carboxylic acids is 2. The maximum atomic E-state index is 11.9. The highest BCUT2D eigenvalue weighted by molar-refractivity contribution is 5.93.